The van der Waals surface area contributed by atoms with Gasteiger partial charge in [-0.15, -0.1) is 6.42 Å². The Balaban J connectivity index is 3.52. The molecule has 0 aliphatic heterocycles. The molecule has 0 aliphatic rings. The van der Waals surface area contributed by atoms with E-state index in [2.05, 4.69) is 5.92 Å². The highest BCUT2D eigenvalue weighted by Gasteiger charge is 2.07. The summed E-state index contributed by atoms with van der Waals surface area (Å²) in [7, 11) is 0. The quantitative estimate of drug-likeness (QED) is 0.568. The number of aromatic hydroxyl groups is 1. The van der Waals surface area contributed by atoms with E-state index in [1.807, 2.05) is 6.92 Å². The Morgan fingerprint density at radius 1 is 1.50 bits per heavy atom. The van der Waals surface area contributed by atoms with Crippen LogP contribution in [-0.4, -0.2) is 11.4 Å². The van der Waals surface area contributed by atoms with Gasteiger partial charge in [0.25, 0.3) is 0 Å². The van der Waals surface area contributed by atoms with Crippen LogP contribution in [0.25, 0.3) is 6.08 Å². The van der Waals surface area contributed by atoms with Gasteiger partial charge in [-0.05, 0) is 19.1 Å². The van der Waals surface area contributed by atoms with Crippen molar-refractivity contribution in [1.82, 2.24) is 0 Å². The minimum atomic E-state index is 0.0849. The Labute approximate surface area is 82.9 Å². The average Bonchev–Trinajstić information content (AvgIpc) is 2.21. The lowest BCUT2D eigenvalue weighted by molar-refractivity contribution is 0.112. The highest BCUT2D eigenvalue weighted by atomic mass is 16.3. The first-order valence-electron chi connectivity index (χ1n) is 4.15. The monoisotopic (exact) mass is 186 g/mol. The topological polar surface area (TPSA) is 37.3 Å². The van der Waals surface area contributed by atoms with E-state index in [0.29, 0.717) is 23.0 Å². The van der Waals surface area contributed by atoms with Crippen LogP contribution in [-0.2, 0) is 0 Å². The van der Waals surface area contributed by atoms with E-state index in [1.165, 1.54) is 12.1 Å². The zero-order valence-corrected chi connectivity index (χ0v) is 7.82. The maximum Gasteiger partial charge on any atom is 0.151 e. The third-order valence-electron chi connectivity index (χ3n) is 1.86. The highest BCUT2D eigenvalue weighted by Crippen LogP contribution is 2.24. The van der Waals surface area contributed by atoms with Crippen LogP contribution in [0.3, 0.4) is 0 Å². The summed E-state index contributed by atoms with van der Waals surface area (Å²) in [5.41, 5.74) is 1.36. The van der Waals surface area contributed by atoms with Gasteiger partial charge in [0.1, 0.15) is 5.75 Å². The van der Waals surface area contributed by atoms with Gasteiger partial charge in [0.2, 0.25) is 0 Å². The number of phenols is 1. The van der Waals surface area contributed by atoms with Gasteiger partial charge in [-0.3, -0.25) is 4.79 Å². The summed E-state index contributed by atoms with van der Waals surface area (Å²) >= 11 is 0. The van der Waals surface area contributed by atoms with Crippen molar-refractivity contribution in [1.29, 1.82) is 0 Å². The van der Waals surface area contributed by atoms with E-state index in [1.54, 1.807) is 12.2 Å². The molecule has 70 valence electrons. The fraction of sp³-hybridized carbons (Fsp3) is 0.0833. The number of rotatable bonds is 2. The molecule has 0 spiro atoms. The third-order valence-corrected chi connectivity index (χ3v) is 1.86. The van der Waals surface area contributed by atoms with E-state index in [0.717, 1.165) is 0 Å². The molecule has 2 heteroatoms. The number of terminal acetylenes is 1. The van der Waals surface area contributed by atoms with E-state index >= 15 is 0 Å². The number of carbonyl (C=O) groups excluding carboxylic acids is 1. The van der Waals surface area contributed by atoms with Gasteiger partial charge in [-0.2, -0.15) is 0 Å². The second-order valence-electron chi connectivity index (χ2n) is 2.72. The van der Waals surface area contributed by atoms with Gasteiger partial charge in [0.15, 0.2) is 6.29 Å². The normalized spacial score (nSPS) is 10.0. The van der Waals surface area contributed by atoms with Gasteiger partial charge >= 0.3 is 0 Å². The van der Waals surface area contributed by atoms with Crippen LogP contribution in [0.15, 0.2) is 18.2 Å². The van der Waals surface area contributed by atoms with Crippen LogP contribution in [0.4, 0.5) is 0 Å². The molecule has 0 aliphatic carbocycles. The SMILES string of the molecule is C#Cc1c(C=O)ccc(O)c1C=CC. The van der Waals surface area contributed by atoms with Crippen LogP contribution >= 0.6 is 0 Å². The summed E-state index contributed by atoms with van der Waals surface area (Å²) in [6, 6.07) is 2.96. The van der Waals surface area contributed by atoms with E-state index in [4.69, 9.17) is 6.42 Å². The number of carbonyl (C=O) groups is 1. The number of phenolic OH excluding ortho intramolecular Hbond substituents is 1. The fourth-order valence-electron chi connectivity index (χ4n) is 1.22. The number of aldehydes is 1. The second-order valence-corrected chi connectivity index (χ2v) is 2.72. The number of allylic oxidation sites excluding steroid dienone is 1. The lowest BCUT2D eigenvalue weighted by atomic mass is 10.0. The average molecular weight is 186 g/mol. The number of hydrogen-bond acceptors (Lipinski definition) is 2. The molecule has 1 N–H and O–H groups in total. The fourth-order valence-corrected chi connectivity index (χ4v) is 1.22. The maximum atomic E-state index is 10.7. The van der Waals surface area contributed by atoms with Crippen molar-refractivity contribution >= 4 is 12.4 Å². The van der Waals surface area contributed by atoms with Crippen LogP contribution in [0.1, 0.15) is 28.4 Å². The largest absolute Gasteiger partial charge is 0.507 e. The Morgan fingerprint density at radius 2 is 2.21 bits per heavy atom. The zero-order valence-electron chi connectivity index (χ0n) is 7.82. The lowest BCUT2D eigenvalue weighted by Crippen LogP contribution is -1.91. The summed E-state index contributed by atoms with van der Waals surface area (Å²) in [5.74, 6) is 2.48. The summed E-state index contributed by atoms with van der Waals surface area (Å²) in [6.07, 6.45) is 9.39. The maximum absolute atomic E-state index is 10.7. The first kappa shape index (κ1) is 10.1. The molecule has 0 amide bonds. The summed E-state index contributed by atoms with van der Waals surface area (Å²) < 4.78 is 0. The van der Waals surface area contributed by atoms with Crippen LogP contribution < -0.4 is 0 Å². The molecule has 0 heterocycles. The van der Waals surface area contributed by atoms with E-state index in [9.17, 15) is 9.90 Å². The first-order valence-corrected chi connectivity index (χ1v) is 4.15. The third kappa shape index (κ3) is 1.67. The molecule has 14 heavy (non-hydrogen) atoms. The van der Waals surface area contributed by atoms with Crippen molar-refractivity contribution in [3.05, 3.63) is 34.9 Å². The first-order chi connectivity index (χ1) is 6.74. The van der Waals surface area contributed by atoms with Crippen molar-refractivity contribution in [2.75, 3.05) is 0 Å². The predicted octanol–water partition coefficient (Wildman–Crippen LogP) is 2.22. The summed E-state index contributed by atoms with van der Waals surface area (Å²) in [5, 5.41) is 9.51. The molecule has 0 radical (unpaired) electrons. The van der Waals surface area contributed by atoms with Gasteiger partial charge in [-0.25, -0.2) is 0 Å². The number of benzene rings is 1. The summed E-state index contributed by atoms with van der Waals surface area (Å²) in [4.78, 5) is 10.7. The lowest BCUT2D eigenvalue weighted by Gasteiger charge is -2.04. The molecule has 2 nitrogen and oxygen atoms in total. The molecule has 1 aromatic carbocycles. The molecule has 1 aromatic rings. The van der Waals surface area contributed by atoms with Crippen molar-refractivity contribution in [3.8, 4) is 18.1 Å². The van der Waals surface area contributed by atoms with Crippen molar-refractivity contribution < 1.29 is 9.90 Å². The minimum absolute atomic E-state index is 0.0849. The van der Waals surface area contributed by atoms with Crippen molar-refractivity contribution in [2.45, 2.75) is 6.92 Å². The molecule has 0 bridgehead atoms. The van der Waals surface area contributed by atoms with Gasteiger partial charge in [0.05, 0.1) is 0 Å². The Hall–Kier alpha value is -2.01. The van der Waals surface area contributed by atoms with Crippen LogP contribution in [0.2, 0.25) is 0 Å². The Bertz CT molecular complexity index is 423. The number of hydrogen-bond donors (Lipinski definition) is 1. The van der Waals surface area contributed by atoms with Crippen molar-refractivity contribution in [3.63, 3.8) is 0 Å². The van der Waals surface area contributed by atoms with Crippen LogP contribution in [0, 0.1) is 12.3 Å². The standard InChI is InChI=1S/C12H10O2/c1-3-5-11-10(4-2)9(8-13)6-7-12(11)14/h2-3,5-8,14H,1H3. The molecular weight excluding hydrogens is 176 g/mol. The molecule has 0 unspecified atom stereocenters. The van der Waals surface area contributed by atoms with Gasteiger partial charge < -0.3 is 5.11 Å². The zero-order chi connectivity index (χ0) is 10.6. The van der Waals surface area contributed by atoms with Crippen molar-refractivity contribution in [2.24, 2.45) is 0 Å². The molecule has 0 atom stereocenters. The molecule has 0 aromatic heterocycles. The van der Waals surface area contributed by atoms with E-state index in [-0.39, 0.29) is 5.75 Å². The molecule has 0 fully saturated rings. The van der Waals surface area contributed by atoms with E-state index < -0.39 is 0 Å². The Kier molecular flexibility index (Phi) is 3.09. The highest BCUT2D eigenvalue weighted by molar-refractivity contribution is 5.83. The van der Waals surface area contributed by atoms with Crippen LogP contribution in [0.5, 0.6) is 5.75 Å². The van der Waals surface area contributed by atoms with Gasteiger partial charge in [-0.1, -0.05) is 18.1 Å². The predicted molar refractivity (Wildman–Crippen MR) is 56.1 cm³/mol. The molecule has 0 saturated heterocycles. The van der Waals surface area contributed by atoms with Gasteiger partial charge in [0, 0.05) is 16.7 Å². The summed E-state index contributed by atoms with van der Waals surface area (Å²) in [6.45, 7) is 1.81. The molecule has 1 rings (SSSR count). The smallest absolute Gasteiger partial charge is 0.151 e. The Morgan fingerprint density at radius 3 is 2.71 bits per heavy atom. The second kappa shape index (κ2) is 4.29. The molecular formula is C12H10O2. The molecule has 0 saturated carbocycles. The minimum Gasteiger partial charge on any atom is -0.507 e.